The molecule has 3 rings (SSSR count). The van der Waals surface area contributed by atoms with Gasteiger partial charge in [-0.15, -0.1) is 0 Å². The first-order valence-electron chi connectivity index (χ1n) is 8.15. The van der Waals surface area contributed by atoms with Crippen LogP contribution in [0.25, 0.3) is 0 Å². The van der Waals surface area contributed by atoms with Crippen molar-refractivity contribution in [2.24, 2.45) is 5.92 Å². The fourth-order valence-corrected chi connectivity index (χ4v) is 3.37. The van der Waals surface area contributed by atoms with Crippen molar-refractivity contribution in [2.45, 2.75) is 38.6 Å². The van der Waals surface area contributed by atoms with Gasteiger partial charge in [0.15, 0.2) is 0 Å². The van der Waals surface area contributed by atoms with Gasteiger partial charge in [-0.25, -0.2) is 4.98 Å². The quantitative estimate of drug-likeness (QED) is 0.831. The molecule has 0 radical (unpaired) electrons. The second-order valence-electron chi connectivity index (χ2n) is 6.44. The van der Waals surface area contributed by atoms with E-state index in [4.69, 9.17) is 0 Å². The number of likely N-dealkylation sites (tertiary alicyclic amines) is 1. The van der Waals surface area contributed by atoms with E-state index in [2.05, 4.69) is 9.55 Å². The Morgan fingerprint density at radius 2 is 2.27 bits per heavy atom. The maximum Gasteiger partial charge on any atom is 0.241 e. The summed E-state index contributed by atoms with van der Waals surface area (Å²) in [6.45, 7) is 2.68. The molecular formula is C16H24N4O2. The van der Waals surface area contributed by atoms with Gasteiger partial charge in [-0.2, -0.15) is 0 Å². The van der Waals surface area contributed by atoms with Crippen molar-refractivity contribution in [3.05, 3.63) is 18.2 Å². The van der Waals surface area contributed by atoms with Crippen LogP contribution >= 0.6 is 0 Å². The van der Waals surface area contributed by atoms with E-state index in [0.717, 1.165) is 51.1 Å². The highest BCUT2D eigenvalue weighted by Gasteiger charge is 2.25. The standard InChI is InChI=1S/C16H24N4O2/c1-18(16(22)12-20-7-3-2-4-15(20)21)11-13-5-8-19-9-6-17-14(19)10-13/h6,9,13H,2-5,7-8,10-12H2,1H3. The van der Waals surface area contributed by atoms with Crippen LogP contribution < -0.4 is 0 Å². The number of piperidine rings is 1. The van der Waals surface area contributed by atoms with E-state index in [0.29, 0.717) is 12.3 Å². The molecule has 1 saturated heterocycles. The van der Waals surface area contributed by atoms with Crippen molar-refractivity contribution in [3.8, 4) is 0 Å². The molecule has 0 aromatic carbocycles. The third-order valence-corrected chi connectivity index (χ3v) is 4.76. The van der Waals surface area contributed by atoms with E-state index >= 15 is 0 Å². The lowest BCUT2D eigenvalue weighted by Crippen LogP contribution is -2.45. The predicted molar refractivity (Wildman–Crippen MR) is 82.1 cm³/mol. The average Bonchev–Trinajstić information content (AvgIpc) is 2.97. The van der Waals surface area contributed by atoms with Gasteiger partial charge >= 0.3 is 0 Å². The molecule has 2 aliphatic heterocycles. The maximum atomic E-state index is 12.3. The number of carbonyl (C=O) groups excluding carboxylic acids is 2. The molecule has 0 N–H and O–H groups in total. The minimum absolute atomic E-state index is 0.0455. The summed E-state index contributed by atoms with van der Waals surface area (Å²) >= 11 is 0. The van der Waals surface area contributed by atoms with E-state index in [1.807, 2.05) is 19.4 Å². The number of likely N-dealkylation sites (N-methyl/N-ethyl adjacent to an activating group) is 1. The third kappa shape index (κ3) is 3.31. The van der Waals surface area contributed by atoms with Crippen LogP contribution in [0.4, 0.5) is 0 Å². The number of aryl methyl sites for hydroxylation is 1. The minimum atomic E-state index is 0.0455. The van der Waals surface area contributed by atoms with E-state index in [1.54, 1.807) is 9.80 Å². The Labute approximate surface area is 131 Å². The Balaban J connectivity index is 1.50. The molecule has 2 amide bonds. The van der Waals surface area contributed by atoms with Crippen LogP contribution in [0, 0.1) is 5.92 Å². The Kier molecular flexibility index (Phi) is 4.45. The van der Waals surface area contributed by atoms with Crippen molar-refractivity contribution in [3.63, 3.8) is 0 Å². The molecule has 2 aliphatic rings. The Hall–Kier alpha value is -1.85. The molecule has 1 fully saturated rings. The van der Waals surface area contributed by atoms with E-state index < -0.39 is 0 Å². The third-order valence-electron chi connectivity index (χ3n) is 4.76. The number of hydrogen-bond donors (Lipinski definition) is 0. The molecule has 22 heavy (non-hydrogen) atoms. The summed E-state index contributed by atoms with van der Waals surface area (Å²) in [5, 5.41) is 0. The molecule has 6 nitrogen and oxygen atoms in total. The van der Waals surface area contributed by atoms with Gasteiger partial charge in [0.25, 0.3) is 0 Å². The number of amides is 2. The first kappa shape index (κ1) is 15.1. The van der Waals surface area contributed by atoms with Crippen LogP contribution in [0.5, 0.6) is 0 Å². The van der Waals surface area contributed by atoms with Crippen LogP contribution in [0.3, 0.4) is 0 Å². The summed E-state index contributed by atoms with van der Waals surface area (Å²) < 4.78 is 2.19. The molecule has 0 aliphatic carbocycles. The molecule has 120 valence electrons. The molecule has 1 atom stereocenters. The van der Waals surface area contributed by atoms with Gasteiger partial charge in [0.2, 0.25) is 11.8 Å². The lowest BCUT2D eigenvalue weighted by Gasteiger charge is -2.31. The minimum Gasteiger partial charge on any atom is -0.344 e. The zero-order valence-electron chi connectivity index (χ0n) is 13.2. The number of hydrogen-bond acceptors (Lipinski definition) is 3. The van der Waals surface area contributed by atoms with Gasteiger partial charge in [0, 0.05) is 51.9 Å². The lowest BCUT2D eigenvalue weighted by atomic mass is 9.97. The SMILES string of the molecule is CN(CC1CCn2ccnc2C1)C(=O)CN1CCCCC1=O. The molecular weight excluding hydrogens is 280 g/mol. The summed E-state index contributed by atoms with van der Waals surface area (Å²) in [5.74, 6) is 1.74. The summed E-state index contributed by atoms with van der Waals surface area (Å²) in [6, 6.07) is 0. The predicted octanol–water partition coefficient (Wildman–Crippen LogP) is 0.916. The second-order valence-corrected chi connectivity index (χ2v) is 6.44. The molecule has 0 bridgehead atoms. The number of carbonyl (C=O) groups is 2. The van der Waals surface area contributed by atoms with Gasteiger partial charge < -0.3 is 14.4 Å². The fraction of sp³-hybridized carbons (Fsp3) is 0.688. The highest BCUT2D eigenvalue weighted by atomic mass is 16.2. The smallest absolute Gasteiger partial charge is 0.241 e. The maximum absolute atomic E-state index is 12.3. The summed E-state index contributed by atoms with van der Waals surface area (Å²) in [5.41, 5.74) is 0. The Bertz CT molecular complexity index is 554. The number of imidazole rings is 1. The Morgan fingerprint density at radius 3 is 3.09 bits per heavy atom. The van der Waals surface area contributed by atoms with Crippen LogP contribution in [0.15, 0.2) is 12.4 Å². The van der Waals surface area contributed by atoms with Crippen molar-refractivity contribution < 1.29 is 9.59 Å². The van der Waals surface area contributed by atoms with Gasteiger partial charge in [0.05, 0.1) is 6.54 Å². The zero-order chi connectivity index (χ0) is 15.5. The van der Waals surface area contributed by atoms with Gasteiger partial charge in [0.1, 0.15) is 5.82 Å². The first-order chi connectivity index (χ1) is 10.6. The lowest BCUT2D eigenvalue weighted by molar-refractivity contribution is -0.141. The molecule has 6 heteroatoms. The molecule has 3 heterocycles. The number of rotatable bonds is 4. The molecule has 0 saturated carbocycles. The normalized spacial score (nSPS) is 21.6. The Morgan fingerprint density at radius 1 is 1.41 bits per heavy atom. The summed E-state index contributed by atoms with van der Waals surface area (Å²) in [6.07, 6.45) is 8.40. The number of fused-ring (bicyclic) bond motifs is 1. The number of aromatic nitrogens is 2. The molecule has 0 spiro atoms. The van der Waals surface area contributed by atoms with Gasteiger partial charge in [-0.3, -0.25) is 9.59 Å². The first-order valence-corrected chi connectivity index (χ1v) is 8.15. The highest BCUT2D eigenvalue weighted by Crippen LogP contribution is 2.20. The summed E-state index contributed by atoms with van der Waals surface area (Å²) in [7, 11) is 1.85. The monoisotopic (exact) mass is 304 g/mol. The summed E-state index contributed by atoms with van der Waals surface area (Å²) in [4.78, 5) is 32.0. The van der Waals surface area contributed by atoms with Crippen LogP contribution in [-0.2, 0) is 22.6 Å². The zero-order valence-corrected chi connectivity index (χ0v) is 13.2. The van der Waals surface area contributed by atoms with Crippen molar-refractivity contribution in [1.29, 1.82) is 0 Å². The van der Waals surface area contributed by atoms with Crippen LogP contribution in [0.2, 0.25) is 0 Å². The van der Waals surface area contributed by atoms with Gasteiger partial charge in [-0.1, -0.05) is 0 Å². The second kappa shape index (κ2) is 6.50. The van der Waals surface area contributed by atoms with Crippen LogP contribution in [0.1, 0.15) is 31.5 Å². The largest absolute Gasteiger partial charge is 0.344 e. The van der Waals surface area contributed by atoms with E-state index in [-0.39, 0.29) is 18.4 Å². The van der Waals surface area contributed by atoms with E-state index in [9.17, 15) is 9.59 Å². The van der Waals surface area contributed by atoms with Crippen molar-refractivity contribution in [1.82, 2.24) is 19.4 Å². The molecule has 1 aromatic heterocycles. The van der Waals surface area contributed by atoms with E-state index in [1.165, 1.54) is 0 Å². The fourth-order valence-electron chi connectivity index (χ4n) is 3.37. The van der Waals surface area contributed by atoms with Crippen molar-refractivity contribution >= 4 is 11.8 Å². The van der Waals surface area contributed by atoms with Crippen LogP contribution in [-0.4, -0.2) is 57.8 Å². The van der Waals surface area contributed by atoms with Gasteiger partial charge in [-0.05, 0) is 25.2 Å². The number of nitrogens with zero attached hydrogens (tertiary/aromatic N) is 4. The molecule has 1 unspecified atom stereocenters. The topological polar surface area (TPSA) is 58.4 Å². The average molecular weight is 304 g/mol. The highest BCUT2D eigenvalue weighted by molar-refractivity contribution is 5.85. The van der Waals surface area contributed by atoms with Crippen molar-refractivity contribution in [2.75, 3.05) is 26.7 Å². The molecule has 1 aromatic rings.